The van der Waals surface area contributed by atoms with Gasteiger partial charge in [0, 0.05) is 17.1 Å². The second-order valence-electron chi connectivity index (χ2n) is 4.06. The minimum atomic E-state index is -1.89. The standard InChI is InChI=1S/C13H10BClF2O3/c15-11-3-1-2-8(13(11)17)7-20-9-4-5-10(14(18)19)12(16)6-9/h1-6,18-19H,7H2. The molecular formula is C13H10BClF2O3. The van der Waals surface area contributed by atoms with Crippen molar-refractivity contribution in [1.82, 2.24) is 0 Å². The van der Waals surface area contributed by atoms with E-state index in [2.05, 4.69) is 0 Å². The van der Waals surface area contributed by atoms with Crippen LogP contribution in [0.5, 0.6) is 5.75 Å². The van der Waals surface area contributed by atoms with Gasteiger partial charge in [-0.3, -0.25) is 0 Å². The average molecular weight is 298 g/mol. The zero-order valence-electron chi connectivity index (χ0n) is 10.2. The second-order valence-corrected chi connectivity index (χ2v) is 4.47. The van der Waals surface area contributed by atoms with Gasteiger partial charge in [0.1, 0.15) is 24.0 Å². The minimum absolute atomic E-state index is 0.0176. The summed E-state index contributed by atoms with van der Waals surface area (Å²) in [5.74, 6) is -1.26. The molecule has 0 fully saturated rings. The normalized spacial score (nSPS) is 10.4. The number of benzene rings is 2. The fourth-order valence-corrected chi connectivity index (χ4v) is 1.82. The SMILES string of the molecule is OB(O)c1ccc(OCc2cccc(Cl)c2F)cc1F. The molecule has 0 radical (unpaired) electrons. The maximum absolute atomic E-state index is 13.6. The van der Waals surface area contributed by atoms with Gasteiger partial charge >= 0.3 is 7.12 Å². The fourth-order valence-electron chi connectivity index (χ4n) is 1.63. The van der Waals surface area contributed by atoms with E-state index >= 15 is 0 Å². The van der Waals surface area contributed by atoms with Gasteiger partial charge in [-0.15, -0.1) is 0 Å². The van der Waals surface area contributed by atoms with Crippen molar-refractivity contribution >= 4 is 24.2 Å². The van der Waals surface area contributed by atoms with E-state index in [9.17, 15) is 8.78 Å². The van der Waals surface area contributed by atoms with Crippen LogP contribution in [0.1, 0.15) is 5.56 Å². The van der Waals surface area contributed by atoms with Crippen molar-refractivity contribution in [1.29, 1.82) is 0 Å². The summed E-state index contributed by atoms with van der Waals surface area (Å²) in [6.07, 6.45) is 0. The molecule has 2 aromatic carbocycles. The van der Waals surface area contributed by atoms with E-state index in [1.54, 1.807) is 6.07 Å². The van der Waals surface area contributed by atoms with Gasteiger partial charge < -0.3 is 14.8 Å². The van der Waals surface area contributed by atoms with Crippen LogP contribution in [0.4, 0.5) is 8.78 Å². The van der Waals surface area contributed by atoms with Gasteiger partial charge in [-0.1, -0.05) is 29.8 Å². The van der Waals surface area contributed by atoms with Crippen molar-refractivity contribution in [2.75, 3.05) is 0 Å². The molecule has 2 N–H and O–H groups in total. The van der Waals surface area contributed by atoms with Gasteiger partial charge in [-0.2, -0.15) is 0 Å². The summed E-state index contributed by atoms with van der Waals surface area (Å²) in [4.78, 5) is 0. The Bertz CT molecular complexity index is 623. The lowest BCUT2D eigenvalue weighted by molar-refractivity contribution is 0.298. The molecule has 0 bridgehead atoms. The predicted octanol–water partition coefficient (Wildman–Crippen LogP) is 1.88. The zero-order valence-corrected chi connectivity index (χ0v) is 10.9. The van der Waals surface area contributed by atoms with E-state index in [-0.39, 0.29) is 28.4 Å². The smallest absolute Gasteiger partial charge is 0.489 e. The maximum Gasteiger partial charge on any atom is 0.491 e. The monoisotopic (exact) mass is 298 g/mol. The molecule has 0 saturated carbocycles. The molecule has 2 aromatic rings. The van der Waals surface area contributed by atoms with Crippen LogP contribution in [0.2, 0.25) is 5.02 Å². The first-order valence-electron chi connectivity index (χ1n) is 5.70. The summed E-state index contributed by atoms with van der Waals surface area (Å²) >= 11 is 5.63. The van der Waals surface area contributed by atoms with Crippen LogP contribution in [0.25, 0.3) is 0 Å². The van der Waals surface area contributed by atoms with Crippen LogP contribution in [0.15, 0.2) is 36.4 Å². The van der Waals surface area contributed by atoms with Crippen molar-refractivity contribution in [3.63, 3.8) is 0 Å². The Morgan fingerprint density at radius 3 is 2.55 bits per heavy atom. The van der Waals surface area contributed by atoms with Gasteiger partial charge in [-0.05, 0) is 12.1 Å². The highest BCUT2D eigenvalue weighted by atomic mass is 35.5. The molecule has 0 spiro atoms. The van der Waals surface area contributed by atoms with E-state index in [4.69, 9.17) is 26.4 Å². The highest BCUT2D eigenvalue weighted by molar-refractivity contribution is 6.58. The van der Waals surface area contributed by atoms with E-state index in [0.29, 0.717) is 0 Å². The van der Waals surface area contributed by atoms with Crippen molar-refractivity contribution in [3.8, 4) is 5.75 Å². The molecule has 7 heteroatoms. The molecule has 0 unspecified atom stereocenters. The third-order valence-electron chi connectivity index (χ3n) is 2.68. The van der Waals surface area contributed by atoms with E-state index in [0.717, 1.165) is 6.07 Å². The molecule has 20 heavy (non-hydrogen) atoms. The quantitative estimate of drug-likeness (QED) is 0.847. The Hall–Kier alpha value is -1.63. The largest absolute Gasteiger partial charge is 0.491 e. The summed E-state index contributed by atoms with van der Waals surface area (Å²) in [5.41, 5.74) is -0.0181. The first kappa shape index (κ1) is 14.8. The van der Waals surface area contributed by atoms with E-state index in [1.807, 2.05) is 0 Å². The molecule has 104 valence electrons. The summed E-state index contributed by atoms with van der Waals surface area (Å²) in [6, 6.07) is 8.04. The van der Waals surface area contributed by atoms with Gasteiger partial charge in [0.25, 0.3) is 0 Å². The second kappa shape index (κ2) is 6.22. The van der Waals surface area contributed by atoms with Crippen LogP contribution in [-0.4, -0.2) is 17.2 Å². The summed E-state index contributed by atoms with van der Waals surface area (Å²) < 4.78 is 32.3. The van der Waals surface area contributed by atoms with Gasteiger partial charge in [0.05, 0.1) is 5.02 Å². The van der Waals surface area contributed by atoms with E-state index in [1.165, 1.54) is 24.3 Å². The molecular weight excluding hydrogens is 288 g/mol. The van der Waals surface area contributed by atoms with Crippen LogP contribution in [-0.2, 0) is 6.61 Å². The van der Waals surface area contributed by atoms with Crippen molar-refractivity contribution < 1.29 is 23.6 Å². The third-order valence-corrected chi connectivity index (χ3v) is 2.97. The lowest BCUT2D eigenvalue weighted by Gasteiger charge is -2.09. The molecule has 0 atom stereocenters. The Balaban J connectivity index is 2.11. The summed E-state index contributed by atoms with van der Waals surface area (Å²) in [6.45, 7) is -0.118. The van der Waals surface area contributed by atoms with Gasteiger partial charge in [0.15, 0.2) is 0 Å². The molecule has 2 rings (SSSR count). The Kier molecular flexibility index (Phi) is 4.59. The molecule has 0 aliphatic carbocycles. The molecule has 3 nitrogen and oxygen atoms in total. The highest BCUT2D eigenvalue weighted by Crippen LogP contribution is 2.20. The molecule has 0 aromatic heterocycles. The number of rotatable bonds is 4. The Morgan fingerprint density at radius 1 is 1.15 bits per heavy atom. The molecule has 0 amide bonds. The number of halogens is 3. The van der Waals surface area contributed by atoms with Crippen molar-refractivity contribution in [2.45, 2.75) is 6.61 Å². The minimum Gasteiger partial charge on any atom is -0.489 e. The fraction of sp³-hybridized carbons (Fsp3) is 0.0769. The van der Waals surface area contributed by atoms with Gasteiger partial charge in [0.2, 0.25) is 0 Å². The lowest BCUT2D eigenvalue weighted by atomic mass is 9.80. The van der Waals surface area contributed by atoms with Crippen molar-refractivity contribution in [2.24, 2.45) is 0 Å². The first-order valence-corrected chi connectivity index (χ1v) is 6.08. The number of hydrogen-bond donors (Lipinski definition) is 2. The summed E-state index contributed by atoms with van der Waals surface area (Å²) in [7, 11) is -1.89. The Morgan fingerprint density at radius 2 is 1.90 bits per heavy atom. The highest BCUT2D eigenvalue weighted by Gasteiger charge is 2.17. The molecule has 0 aliphatic rings. The zero-order chi connectivity index (χ0) is 14.7. The molecule has 0 heterocycles. The predicted molar refractivity (Wildman–Crippen MR) is 72.0 cm³/mol. The maximum atomic E-state index is 13.6. The van der Waals surface area contributed by atoms with Gasteiger partial charge in [-0.25, -0.2) is 8.78 Å². The van der Waals surface area contributed by atoms with E-state index < -0.39 is 18.8 Å². The molecule has 0 aliphatic heterocycles. The van der Waals surface area contributed by atoms with Crippen LogP contribution >= 0.6 is 11.6 Å². The third kappa shape index (κ3) is 3.28. The lowest BCUT2D eigenvalue weighted by Crippen LogP contribution is -2.32. The Labute approximate surface area is 119 Å². The molecule has 0 saturated heterocycles. The average Bonchev–Trinajstić information content (AvgIpc) is 2.40. The van der Waals surface area contributed by atoms with Crippen LogP contribution < -0.4 is 10.2 Å². The van der Waals surface area contributed by atoms with Crippen LogP contribution in [0, 0.1) is 11.6 Å². The van der Waals surface area contributed by atoms with Crippen LogP contribution in [0.3, 0.4) is 0 Å². The number of ether oxygens (including phenoxy) is 1. The number of hydrogen-bond acceptors (Lipinski definition) is 3. The summed E-state index contributed by atoms with van der Waals surface area (Å²) in [5, 5.41) is 17.7. The first-order chi connectivity index (χ1) is 9.49. The topological polar surface area (TPSA) is 49.7 Å². The van der Waals surface area contributed by atoms with Crippen molar-refractivity contribution in [3.05, 3.63) is 58.6 Å².